The SMILES string of the molecule is CC(C)(C)c1ccc(CNC(=O)Cc2ccc(CBr)cc2)cc1. The van der Waals surface area contributed by atoms with Crippen LogP contribution in [0.1, 0.15) is 43.0 Å². The Morgan fingerprint density at radius 2 is 1.43 bits per heavy atom. The fourth-order valence-corrected chi connectivity index (χ4v) is 2.69. The molecule has 0 atom stereocenters. The van der Waals surface area contributed by atoms with Gasteiger partial charge in [-0.15, -0.1) is 0 Å². The Labute approximate surface area is 147 Å². The van der Waals surface area contributed by atoms with Gasteiger partial charge in [-0.3, -0.25) is 4.79 Å². The zero-order chi connectivity index (χ0) is 16.9. The standard InChI is InChI=1S/C20H24BrNO/c1-20(2,3)18-10-8-17(9-11-18)14-22-19(23)12-15-4-6-16(13-21)7-5-15/h4-11H,12-14H2,1-3H3,(H,22,23). The molecule has 2 aromatic rings. The Bertz CT molecular complexity index is 639. The number of carbonyl (C=O) groups is 1. The van der Waals surface area contributed by atoms with Crippen molar-refractivity contribution in [1.29, 1.82) is 0 Å². The second-order valence-corrected chi connectivity index (χ2v) is 7.41. The number of alkyl halides is 1. The smallest absolute Gasteiger partial charge is 0.224 e. The van der Waals surface area contributed by atoms with E-state index in [0.29, 0.717) is 13.0 Å². The van der Waals surface area contributed by atoms with Crippen molar-refractivity contribution in [3.8, 4) is 0 Å². The van der Waals surface area contributed by atoms with Crippen LogP contribution in [-0.2, 0) is 28.5 Å². The van der Waals surface area contributed by atoms with Crippen molar-refractivity contribution in [2.24, 2.45) is 0 Å². The molecule has 0 spiro atoms. The van der Waals surface area contributed by atoms with Gasteiger partial charge < -0.3 is 5.32 Å². The van der Waals surface area contributed by atoms with Crippen LogP contribution >= 0.6 is 15.9 Å². The number of hydrogen-bond acceptors (Lipinski definition) is 1. The van der Waals surface area contributed by atoms with Crippen molar-refractivity contribution in [3.05, 3.63) is 70.8 Å². The van der Waals surface area contributed by atoms with E-state index in [0.717, 1.165) is 16.5 Å². The van der Waals surface area contributed by atoms with E-state index in [4.69, 9.17) is 0 Å². The summed E-state index contributed by atoms with van der Waals surface area (Å²) < 4.78 is 0. The van der Waals surface area contributed by atoms with Gasteiger partial charge >= 0.3 is 0 Å². The third-order valence-corrected chi connectivity index (χ3v) is 4.50. The number of amides is 1. The highest BCUT2D eigenvalue weighted by atomic mass is 79.9. The van der Waals surface area contributed by atoms with Crippen molar-refractivity contribution in [3.63, 3.8) is 0 Å². The summed E-state index contributed by atoms with van der Waals surface area (Å²) in [7, 11) is 0. The second-order valence-electron chi connectivity index (χ2n) is 6.85. The molecule has 0 aliphatic heterocycles. The third-order valence-electron chi connectivity index (χ3n) is 3.85. The molecular formula is C20H24BrNO. The number of hydrogen-bond donors (Lipinski definition) is 1. The zero-order valence-corrected chi connectivity index (χ0v) is 15.6. The first-order valence-corrected chi connectivity index (χ1v) is 9.00. The van der Waals surface area contributed by atoms with E-state index in [-0.39, 0.29) is 11.3 Å². The quantitative estimate of drug-likeness (QED) is 0.753. The molecule has 0 fully saturated rings. The van der Waals surface area contributed by atoms with Crippen LogP contribution in [0.5, 0.6) is 0 Å². The maximum absolute atomic E-state index is 12.0. The number of rotatable bonds is 5. The minimum atomic E-state index is 0.0523. The maximum atomic E-state index is 12.0. The first kappa shape index (κ1) is 17.7. The molecule has 2 rings (SSSR count). The molecule has 0 unspecified atom stereocenters. The molecule has 3 heteroatoms. The minimum Gasteiger partial charge on any atom is -0.352 e. The summed E-state index contributed by atoms with van der Waals surface area (Å²) in [6.07, 6.45) is 0.419. The lowest BCUT2D eigenvalue weighted by molar-refractivity contribution is -0.120. The fraction of sp³-hybridized carbons (Fsp3) is 0.350. The normalized spacial score (nSPS) is 11.3. The molecule has 1 N–H and O–H groups in total. The van der Waals surface area contributed by atoms with Crippen molar-refractivity contribution in [2.75, 3.05) is 0 Å². The summed E-state index contributed by atoms with van der Waals surface area (Å²) in [4.78, 5) is 12.0. The highest BCUT2D eigenvalue weighted by Crippen LogP contribution is 2.22. The zero-order valence-electron chi connectivity index (χ0n) is 14.0. The van der Waals surface area contributed by atoms with E-state index in [1.54, 1.807) is 0 Å². The molecule has 0 bridgehead atoms. The third kappa shape index (κ3) is 5.51. The van der Waals surface area contributed by atoms with Crippen LogP contribution in [0.25, 0.3) is 0 Å². The maximum Gasteiger partial charge on any atom is 0.224 e. The topological polar surface area (TPSA) is 29.1 Å². The van der Waals surface area contributed by atoms with Crippen molar-refractivity contribution < 1.29 is 4.79 Å². The Morgan fingerprint density at radius 1 is 0.913 bits per heavy atom. The Morgan fingerprint density at radius 3 is 1.96 bits per heavy atom. The summed E-state index contributed by atoms with van der Waals surface area (Å²) in [6.45, 7) is 7.17. The second kappa shape index (κ2) is 7.78. The van der Waals surface area contributed by atoms with Gasteiger partial charge in [0.25, 0.3) is 0 Å². The molecule has 122 valence electrons. The molecule has 0 heterocycles. The van der Waals surface area contributed by atoms with Gasteiger partial charge in [0.1, 0.15) is 0 Å². The van der Waals surface area contributed by atoms with Gasteiger partial charge in [-0.1, -0.05) is 85.2 Å². The van der Waals surface area contributed by atoms with Crippen LogP contribution in [0.15, 0.2) is 48.5 Å². The minimum absolute atomic E-state index is 0.0523. The Balaban J connectivity index is 1.86. The van der Waals surface area contributed by atoms with E-state index >= 15 is 0 Å². The summed E-state index contributed by atoms with van der Waals surface area (Å²) in [5, 5.41) is 3.82. The summed E-state index contributed by atoms with van der Waals surface area (Å²) in [5.41, 5.74) is 4.84. The Hall–Kier alpha value is -1.61. The van der Waals surface area contributed by atoms with E-state index in [1.807, 2.05) is 24.3 Å². The molecule has 1 amide bonds. The van der Waals surface area contributed by atoms with E-state index < -0.39 is 0 Å². The molecule has 23 heavy (non-hydrogen) atoms. The lowest BCUT2D eigenvalue weighted by Crippen LogP contribution is -2.24. The van der Waals surface area contributed by atoms with Gasteiger partial charge in [0.15, 0.2) is 0 Å². The lowest BCUT2D eigenvalue weighted by atomic mass is 9.87. The molecular weight excluding hydrogens is 350 g/mol. The van der Waals surface area contributed by atoms with Crippen LogP contribution < -0.4 is 5.32 Å². The molecule has 2 aromatic carbocycles. The molecule has 0 aromatic heterocycles. The predicted molar refractivity (Wildman–Crippen MR) is 99.8 cm³/mol. The number of carbonyl (C=O) groups excluding carboxylic acids is 1. The monoisotopic (exact) mass is 373 g/mol. The van der Waals surface area contributed by atoms with Gasteiger partial charge in [-0.2, -0.15) is 0 Å². The lowest BCUT2D eigenvalue weighted by Gasteiger charge is -2.19. The van der Waals surface area contributed by atoms with Crippen LogP contribution in [0.3, 0.4) is 0 Å². The van der Waals surface area contributed by atoms with Crippen LogP contribution in [0.4, 0.5) is 0 Å². The molecule has 0 saturated carbocycles. The first-order valence-electron chi connectivity index (χ1n) is 7.88. The van der Waals surface area contributed by atoms with E-state index in [2.05, 4.69) is 66.3 Å². The van der Waals surface area contributed by atoms with E-state index in [1.165, 1.54) is 11.1 Å². The highest BCUT2D eigenvalue weighted by Gasteiger charge is 2.12. The number of nitrogens with one attached hydrogen (secondary N) is 1. The van der Waals surface area contributed by atoms with Crippen molar-refractivity contribution in [1.82, 2.24) is 5.32 Å². The largest absolute Gasteiger partial charge is 0.352 e. The van der Waals surface area contributed by atoms with Crippen molar-refractivity contribution in [2.45, 2.75) is 44.5 Å². The molecule has 0 saturated heterocycles. The summed E-state index contributed by atoms with van der Waals surface area (Å²) >= 11 is 3.42. The van der Waals surface area contributed by atoms with Gasteiger partial charge in [0.05, 0.1) is 6.42 Å². The van der Waals surface area contributed by atoms with Gasteiger partial charge in [0, 0.05) is 11.9 Å². The molecule has 2 nitrogen and oxygen atoms in total. The first-order chi connectivity index (χ1) is 10.9. The van der Waals surface area contributed by atoms with E-state index in [9.17, 15) is 4.79 Å². The van der Waals surface area contributed by atoms with Gasteiger partial charge in [-0.05, 0) is 27.7 Å². The summed E-state index contributed by atoms with van der Waals surface area (Å²) in [5.74, 6) is 0.0523. The van der Waals surface area contributed by atoms with Crippen LogP contribution in [0.2, 0.25) is 0 Å². The highest BCUT2D eigenvalue weighted by molar-refractivity contribution is 9.08. The van der Waals surface area contributed by atoms with Crippen LogP contribution in [0, 0.1) is 0 Å². The fourth-order valence-electron chi connectivity index (χ4n) is 2.32. The molecule has 0 aliphatic carbocycles. The average Bonchev–Trinajstić information content (AvgIpc) is 2.53. The van der Waals surface area contributed by atoms with Gasteiger partial charge in [0.2, 0.25) is 5.91 Å². The number of halogens is 1. The van der Waals surface area contributed by atoms with Gasteiger partial charge in [-0.25, -0.2) is 0 Å². The summed E-state index contributed by atoms with van der Waals surface area (Å²) in [6, 6.07) is 16.6. The predicted octanol–water partition coefficient (Wildman–Crippen LogP) is 4.74. The molecule has 0 radical (unpaired) electrons. The van der Waals surface area contributed by atoms with Crippen molar-refractivity contribution >= 4 is 21.8 Å². The molecule has 0 aliphatic rings. The van der Waals surface area contributed by atoms with Crippen LogP contribution in [-0.4, -0.2) is 5.91 Å². The average molecular weight is 374 g/mol. The Kier molecular flexibility index (Phi) is 6.00. The number of benzene rings is 2.